The van der Waals surface area contributed by atoms with Crippen molar-refractivity contribution in [3.05, 3.63) is 29.3 Å². The Bertz CT molecular complexity index is 1160. The number of hydrogen-bond donors (Lipinski definition) is 0. The van der Waals surface area contributed by atoms with Gasteiger partial charge in [-0.1, -0.05) is 6.07 Å². The second kappa shape index (κ2) is 8.85. The third kappa shape index (κ3) is 4.27. The number of thiazole rings is 1. The third-order valence-electron chi connectivity index (χ3n) is 6.62. The molecular weight excluding hydrogens is 452 g/mol. The summed E-state index contributed by atoms with van der Waals surface area (Å²) in [7, 11) is 1.70. The lowest BCUT2D eigenvalue weighted by atomic mass is 9.92. The van der Waals surface area contributed by atoms with E-state index < -0.39 is 5.60 Å². The summed E-state index contributed by atoms with van der Waals surface area (Å²) in [5.74, 6) is 0. The van der Waals surface area contributed by atoms with E-state index in [-0.39, 0.29) is 24.3 Å². The second-order valence-corrected chi connectivity index (χ2v) is 11.0. The highest BCUT2D eigenvalue weighted by Crippen LogP contribution is 2.39. The predicted molar refractivity (Wildman–Crippen MR) is 132 cm³/mol. The van der Waals surface area contributed by atoms with E-state index in [1.54, 1.807) is 24.6 Å². The summed E-state index contributed by atoms with van der Waals surface area (Å²) in [4.78, 5) is 26.5. The molecule has 0 radical (unpaired) electrons. The molecule has 5 rings (SSSR count). The minimum Gasteiger partial charge on any atom is -0.444 e. The van der Waals surface area contributed by atoms with Crippen LogP contribution >= 0.6 is 11.3 Å². The average Bonchev–Trinajstić information content (AvgIpc) is 3.46. The first-order chi connectivity index (χ1) is 16.2. The highest BCUT2D eigenvalue weighted by atomic mass is 32.1. The fraction of sp³-hybridized carbons (Fsp3) is 0.560. The number of aromatic nitrogens is 2. The van der Waals surface area contributed by atoms with Gasteiger partial charge in [0.25, 0.3) is 6.01 Å². The SMILES string of the molecule is COC(C)c1ccc(-c2nccs2)c2oc(N3CC4CCCC(C3)N4C(=O)OC(C)(C)C)nc12. The van der Waals surface area contributed by atoms with Crippen LogP contribution in [0, 0.1) is 0 Å². The van der Waals surface area contributed by atoms with Crippen molar-refractivity contribution in [1.29, 1.82) is 0 Å². The zero-order valence-corrected chi connectivity index (χ0v) is 21.2. The van der Waals surface area contributed by atoms with Gasteiger partial charge in [-0.2, -0.15) is 4.98 Å². The number of piperidine rings is 1. The van der Waals surface area contributed by atoms with Gasteiger partial charge in [-0.05, 0) is 53.0 Å². The van der Waals surface area contributed by atoms with Crippen LogP contribution < -0.4 is 4.90 Å². The summed E-state index contributed by atoms with van der Waals surface area (Å²) in [6, 6.07) is 4.83. The Hall–Kier alpha value is -2.65. The van der Waals surface area contributed by atoms with Crippen molar-refractivity contribution in [3.8, 4) is 10.6 Å². The van der Waals surface area contributed by atoms with Gasteiger partial charge in [0.15, 0.2) is 5.58 Å². The summed E-state index contributed by atoms with van der Waals surface area (Å²) in [5, 5.41) is 2.86. The number of fused-ring (bicyclic) bond motifs is 3. The van der Waals surface area contributed by atoms with E-state index in [0.29, 0.717) is 19.1 Å². The maximum atomic E-state index is 13.0. The molecule has 3 atom stereocenters. The van der Waals surface area contributed by atoms with Crippen molar-refractivity contribution in [3.63, 3.8) is 0 Å². The van der Waals surface area contributed by atoms with Gasteiger partial charge in [0, 0.05) is 37.3 Å². The number of oxazole rings is 1. The van der Waals surface area contributed by atoms with Gasteiger partial charge in [-0.25, -0.2) is 9.78 Å². The topological polar surface area (TPSA) is 80.9 Å². The van der Waals surface area contributed by atoms with Crippen LogP contribution in [0.4, 0.5) is 10.8 Å². The molecule has 2 bridgehead atoms. The van der Waals surface area contributed by atoms with E-state index >= 15 is 0 Å². The fourth-order valence-electron chi connectivity index (χ4n) is 5.01. The van der Waals surface area contributed by atoms with Crippen LogP contribution in [0.25, 0.3) is 21.7 Å². The molecule has 3 aromatic rings. The number of ether oxygens (including phenoxy) is 2. The monoisotopic (exact) mass is 484 g/mol. The first-order valence-electron chi connectivity index (χ1n) is 11.9. The molecule has 3 unspecified atom stereocenters. The number of piperazine rings is 1. The number of carbonyl (C=O) groups excluding carboxylic acids is 1. The second-order valence-electron chi connectivity index (χ2n) is 10.1. The molecule has 0 N–H and O–H groups in total. The Morgan fingerprint density at radius 1 is 1.24 bits per heavy atom. The lowest BCUT2D eigenvalue weighted by molar-refractivity contribution is -0.0102. The number of hydrogen-bond acceptors (Lipinski definition) is 8. The van der Waals surface area contributed by atoms with Gasteiger partial charge >= 0.3 is 6.09 Å². The Morgan fingerprint density at radius 2 is 1.97 bits per heavy atom. The number of anilines is 1. The van der Waals surface area contributed by atoms with E-state index in [0.717, 1.165) is 46.5 Å². The lowest BCUT2D eigenvalue weighted by Gasteiger charge is -2.49. The highest BCUT2D eigenvalue weighted by molar-refractivity contribution is 7.13. The Balaban J connectivity index is 1.49. The molecule has 2 saturated heterocycles. The van der Waals surface area contributed by atoms with Crippen molar-refractivity contribution < 1.29 is 18.7 Å². The summed E-state index contributed by atoms with van der Waals surface area (Å²) >= 11 is 1.58. The molecule has 1 aromatic carbocycles. The van der Waals surface area contributed by atoms with Gasteiger partial charge in [0.1, 0.15) is 16.1 Å². The molecule has 2 aliphatic rings. The van der Waals surface area contributed by atoms with Crippen LogP contribution in [-0.4, -0.2) is 58.8 Å². The molecule has 1 amide bonds. The van der Waals surface area contributed by atoms with Gasteiger partial charge in [-0.15, -0.1) is 11.3 Å². The van der Waals surface area contributed by atoms with Crippen molar-refractivity contribution >= 4 is 34.5 Å². The van der Waals surface area contributed by atoms with E-state index in [9.17, 15) is 4.79 Å². The van der Waals surface area contributed by atoms with Crippen LogP contribution in [0.5, 0.6) is 0 Å². The third-order valence-corrected chi connectivity index (χ3v) is 7.42. The van der Waals surface area contributed by atoms with Crippen molar-refractivity contribution in [2.75, 3.05) is 25.1 Å². The van der Waals surface area contributed by atoms with Crippen LogP contribution in [-0.2, 0) is 9.47 Å². The molecule has 8 nitrogen and oxygen atoms in total. The summed E-state index contributed by atoms with van der Waals surface area (Å²) in [6.07, 6.45) is 4.47. The largest absolute Gasteiger partial charge is 0.444 e. The summed E-state index contributed by atoms with van der Waals surface area (Å²) < 4.78 is 17.8. The Labute approximate surface area is 203 Å². The maximum Gasteiger partial charge on any atom is 0.410 e. The van der Waals surface area contributed by atoms with Crippen molar-refractivity contribution in [2.24, 2.45) is 0 Å². The minimum absolute atomic E-state index is 0.0770. The van der Waals surface area contributed by atoms with Crippen molar-refractivity contribution in [2.45, 2.75) is 70.7 Å². The molecule has 4 heterocycles. The number of carbonyl (C=O) groups is 1. The average molecular weight is 485 g/mol. The fourth-order valence-corrected chi connectivity index (χ4v) is 5.67. The molecule has 0 saturated carbocycles. The molecule has 2 aliphatic heterocycles. The molecular formula is C25H32N4O4S. The van der Waals surface area contributed by atoms with Crippen LogP contribution in [0.2, 0.25) is 0 Å². The zero-order chi connectivity index (χ0) is 24.0. The van der Waals surface area contributed by atoms with Gasteiger partial charge in [0.05, 0.1) is 23.8 Å². The van der Waals surface area contributed by atoms with E-state index in [1.165, 1.54) is 0 Å². The first-order valence-corrected chi connectivity index (χ1v) is 12.8. The van der Waals surface area contributed by atoms with Gasteiger partial charge in [0.2, 0.25) is 0 Å². The molecule has 2 aromatic heterocycles. The molecule has 2 fully saturated rings. The van der Waals surface area contributed by atoms with E-state index in [1.807, 2.05) is 44.0 Å². The standard InChI is InChI=1S/C25H32N4O4S/c1-15(31-5)18-9-10-19(22-26-11-12-34-22)21-20(18)27-23(32-21)28-13-16-7-6-8-17(14-28)29(16)24(30)33-25(2,3)4/h9-12,15-17H,6-8,13-14H2,1-5H3. The first kappa shape index (κ1) is 23.1. The van der Waals surface area contributed by atoms with Crippen LogP contribution in [0.1, 0.15) is 58.6 Å². The minimum atomic E-state index is -0.510. The number of rotatable bonds is 4. The summed E-state index contributed by atoms with van der Waals surface area (Å²) in [6.45, 7) is 9.08. The van der Waals surface area contributed by atoms with E-state index in [4.69, 9.17) is 18.9 Å². The highest BCUT2D eigenvalue weighted by Gasteiger charge is 2.43. The quantitative estimate of drug-likeness (QED) is 0.474. The predicted octanol–water partition coefficient (Wildman–Crippen LogP) is 5.64. The zero-order valence-electron chi connectivity index (χ0n) is 20.4. The molecule has 0 spiro atoms. The Kier molecular flexibility index (Phi) is 6.02. The normalized spacial score (nSPS) is 21.7. The molecule has 34 heavy (non-hydrogen) atoms. The smallest absolute Gasteiger partial charge is 0.410 e. The van der Waals surface area contributed by atoms with Gasteiger partial charge < -0.3 is 18.8 Å². The maximum absolute atomic E-state index is 13.0. The molecule has 9 heteroatoms. The number of amides is 1. The number of benzene rings is 1. The Morgan fingerprint density at radius 3 is 2.59 bits per heavy atom. The van der Waals surface area contributed by atoms with Gasteiger partial charge in [-0.3, -0.25) is 4.90 Å². The summed E-state index contributed by atoms with van der Waals surface area (Å²) in [5.41, 5.74) is 2.94. The molecule has 0 aliphatic carbocycles. The van der Waals surface area contributed by atoms with E-state index in [2.05, 4.69) is 16.0 Å². The van der Waals surface area contributed by atoms with Crippen LogP contribution in [0.3, 0.4) is 0 Å². The number of nitrogens with zero attached hydrogens (tertiary/aromatic N) is 4. The van der Waals surface area contributed by atoms with Crippen molar-refractivity contribution in [1.82, 2.24) is 14.9 Å². The number of methoxy groups -OCH3 is 1. The lowest BCUT2D eigenvalue weighted by Crippen LogP contribution is -2.63. The van der Waals surface area contributed by atoms with Crippen LogP contribution in [0.15, 0.2) is 28.1 Å². The molecule has 182 valence electrons.